The van der Waals surface area contributed by atoms with E-state index in [1.54, 1.807) is 11.3 Å². The van der Waals surface area contributed by atoms with Crippen LogP contribution in [0.25, 0.3) is 0 Å². The summed E-state index contributed by atoms with van der Waals surface area (Å²) in [6.45, 7) is 5.10. The summed E-state index contributed by atoms with van der Waals surface area (Å²) in [5.74, 6) is 0.151. The summed E-state index contributed by atoms with van der Waals surface area (Å²) >= 11 is 1.77. The average Bonchev–Trinajstić information content (AvgIpc) is 2.96. The lowest BCUT2D eigenvalue weighted by Crippen LogP contribution is -2.41. The van der Waals surface area contributed by atoms with Crippen molar-refractivity contribution >= 4 is 23.2 Å². The Bertz CT molecular complexity index is 487. The van der Waals surface area contributed by atoms with Crippen LogP contribution in [-0.2, 0) is 22.6 Å². The van der Waals surface area contributed by atoms with Crippen LogP contribution in [0, 0.1) is 0 Å². The minimum absolute atomic E-state index is 0.0395. The Morgan fingerprint density at radius 1 is 1.38 bits per heavy atom. The van der Waals surface area contributed by atoms with E-state index >= 15 is 0 Å². The van der Waals surface area contributed by atoms with Gasteiger partial charge in [-0.2, -0.15) is 0 Å². The molecule has 0 unspecified atom stereocenters. The van der Waals surface area contributed by atoms with E-state index in [0.29, 0.717) is 26.1 Å². The second-order valence-electron chi connectivity index (χ2n) is 5.21. The van der Waals surface area contributed by atoms with Crippen LogP contribution >= 0.6 is 11.3 Å². The summed E-state index contributed by atoms with van der Waals surface area (Å²) in [6.07, 6.45) is 2.32. The molecule has 1 aromatic rings. The summed E-state index contributed by atoms with van der Waals surface area (Å²) in [4.78, 5) is 26.8. The third-order valence-corrected chi connectivity index (χ3v) is 4.56. The number of hydrogen-bond donors (Lipinski definition) is 2. The third-order valence-electron chi connectivity index (χ3n) is 3.54. The molecule has 1 aromatic heterocycles. The largest absolute Gasteiger partial charge is 0.356 e. The molecular formula is C15H23N3O2S. The molecule has 2 rings (SSSR count). The SMILES string of the molecule is CCCNC(=O)CCNCC(=O)N1CCc2sccc2C1. The molecule has 5 nitrogen and oxygen atoms in total. The Balaban J connectivity index is 1.63. The van der Waals surface area contributed by atoms with Crippen molar-refractivity contribution in [3.8, 4) is 0 Å². The summed E-state index contributed by atoms with van der Waals surface area (Å²) in [5.41, 5.74) is 1.28. The molecule has 6 heteroatoms. The number of amides is 2. The lowest BCUT2D eigenvalue weighted by Gasteiger charge is -2.27. The van der Waals surface area contributed by atoms with E-state index < -0.39 is 0 Å². The minimum Gasteiger partial charge on any atom is -0.356 e. The molecule has 0 radical (unpaired) electrons. The predicted molar refractivity (Wildman–Crippen MR) is 84.2 cm³/mol. The maximum absolute atomic E-state index is 12.1. The van der Waals surface area contributed by atoms with Crippen LogP contribution in [-0.4, -0.2) is 42.9 Å². The van der Waals surface area contributed by atoms with E-state index in [1.165, 1.54) is 10.4 Å². The average molecular weight is 309 g/mol. The number of rotatable bonds is 7. The topological polar surface area (TPSA) is 61.4 Å². The molecule has 1 aliphatic rings. The van der Waals surface area contributed by atoms with Crippen molar-refractivity contribution in [3.05, 3.63) is 21.9 Å². The molecule has 0 bridgehead atoms. The first-order valence-electron chi connectivity index (χ1n) is 7.51. The zero-order valence-electron chi connectivity index (χ0n) is 12.5. The summed E-state index contributed by atoms with van der Waals surface area (Å²) in [7, 11) is 0. The van der Waals surface area contributed by atoms with Gasteiger partial charge in [-0.1, -0.05) is 6.92 Å². The summed E-state index contributed by atoms with van der Waals surface area (Å²) in [6, 6.07) is 2.10. The van der Waals surface area contributed by atoms with Crippen molar-refractivity contribution < 1.29 is 9.59 Å². The molecule has 0 saturated heterocycles. The van der Waals surface area contributed by atoms with Crippen molar-refractivity contribution in [2.24, 2.45) is 0 Å². The molecule has 2 N–H and O–H groups in total. The summed E-state index contributed by atoms with van der Waals surface area (Å²) < 4.78 is 0. The molecule has 0 fully saturated rings. The second kappa shape index (κ2) is 8.14. The molecule has 116 valence electrons. The normalized spacial score (nSPS) is 13.9. The lowest BCUT2D eigenvalue weighted by molar-refractivity contribution is -0.131. The Labute approximate surface area is 129 Å². The van der Waals surface area contributed by atoms with Gasteiger partial charge in [0.25, 0.3) is 0 Å². The van der Waals surface area contributed by atoms with E-state index in [9.17, 15) is 9.59 Å². The molecule has 0 saturated carbocycles. The lowest BCUT2D eigenvalue weighted by atomic mass is 10.1. The highest BCUT2D eigenvalue weighted by Crippen LogP contribution is 2.23. The van der Waals surface area contributed by atoms with Crippen molar-refractivity contribution in [3.63, 3.8) is 0 Å². The fourth-order valence-corrected chi connectivity index (χ4v) is 3.21. The number of thiophene rings is 1. The molecule has 2 heterocycles. The van der Waals surface area contributed by atoms with Crippen molar-refractivity contribution in [2.45, 2.75) is 32.7 Å². The van der Waals surface area contributed by atoms with Gasteiger partial charge in [0.1, 0.15) is 0 Å². The molecule has 2 amide bonds. The van der Waals surface area contributed by atoms with Gasteiger partial charge in [-0.3, -0.25) is 9.59 Å². The first-order valence-corrected chi connectivity index (χ1v) is 8.39. The van der Waals surface area contributed by atoms with Crippen LogP contribution in [0.4, 0.5) is 0 Å². The Kier molecular flexibility index (Phi) is 6.20. The Hall–Kier alpha value is -1.40. The van der Waals surface area contributed by atoms with E-state index in [1.807, 2.05) is 11.8 Å². The van der Waals surface area contributed by atoms with Crippen LogP contribution < -0.4 is 10.6 Å². The smallest absolute Gasteiger partial charge is 0.236 e. The van der Waals surface area contributed by atoms with Crippen molar-refractivity contribution in [1.29, 1.82) is 0 Å². The first kappa shape index (κ1) is 16.0. The zero-order valence-corrected chi connectivity index (χ0v) is 13.3. The monoisotopic (exact) mass is 309 g/mol. The fourth-order valence-electron chi connectivity index (χ4n) is 2.32. The molecule has 21 heavy (non-hydrogen) atoms. The zero-order chi connectivity index (χ0) is 15.1. The fraction of sp³-hybridized carbons (Fsp3) is 0.600. The van der Waals surface area contributed by atoms with Crippen molar-refractivity contribution in [2.75, 3.05) is 26.2 Å². The number of carbonyl (C=O) groups excluding carboxylic acids is 2. The van der Waals surface area contributed by atoms with Gasteiger partial charge >= 0.3 is 0 Å². The van der Waals surface area contributed by atoms with Gasteiger partial charge in [0.15, 0.2) is 0 Å². The van der Waals surface area contributed by atoms with E-state index in [0.717, 1.165) is 25.9 Å². The highest BCUT2D eigenvalue weighted by Gasteiger charge is 2.20. The summed E-state index contributed by atoms with van der Waals surface area (Å²) in [5, 5.41) is 7.97. The van der Waals surface area contributed by atoms with Crippen LogP contribution in [0.1, 0.15) is 30.2 Å². The van der Waals surface area contributed by atoms with Gasteiger partial charge in [0.05, 0.1) is 6.54 Å². The van der Waals surface area contributed by atoms with Crippen LogP contribution in [0.5, 0.6) is 0 Å². The van der Waals surface area contributed by atoms with E-state index in [-0.39, 0.29) is 11.8 Å². The maximum Gasteiger partial charge on any atom is 0.236 e. The molecular weight excluding hydrogens is 286 g/mol. The van der Waals surface area contributed by atoms with Crippen LogP contribution in [0.15, 0.2) is 11.4 Å². The number of nitrogens with zero attached hydrogens (tertiary/aromatic N) is 1. The van der Waals surface area contributed by atoms with E-state index in [4.69, 9.17) is 0 Å². The van der Waals surface area contributed by atoms with Gasteiger partial charge in [-0.25, -0.2) is 0 Å². The highest BCUT2D eigenvalue weighted by atomic mass is 32.1. The molecule has 0 aromatic carbocycles. The second-order valence-corrected chi connectivity index (χ2v) is 6.21. The maximum atomic E-state index is 12.1. The molecule has 0 aliphatic carbocycles. The molecule has 1 aliphatic heterocycles. The van der Waals surface area contributed by atoms with Gasteiger partial charge < -0.3 is 15.5 Å². The van der Waals surface area contributed by atoms with Gasteiger partial charge in [-0.15, -0.1) is 11.3 Å². The highest BCUT2D eigenvalue weighted by molar-refractivity contribution is 7.10. The number of fused-ring (bicyclic) bond motifs is 1. The van der Waals surface area contributed by atoms with Gasteiger partial charge in [0, 0.05) is 37.5 Å². The first-order chi connectivity index (χ1) is 10.2. The predicted octanol–water partition coefficient (Wildman–Crippen LogP) is 1.14. The van der Waals surface area contributed by atoms with Crippen LogP contribution in [0.2, 0.25) is 0 Å². The Morgan fingerprint density at radius 3 is 3.05 bits per heavy atom. The number of carbonyl (C=O) groups is 2. The standard InChI is InChI=1S/C15H23N3O2S/c1-2-6-17-14(19)3-7-16-10-15(20)18-8-4-13-12(11-18)5-9-21-13/h5,9,16H,2-4,6-8,10-11H2,1H3,(H,17,19). The minimum atomic E-state index is 0.0395. The van der Waals surface area contributed by atoms with E-state index in [2.05, 4.69) is 22.1 Å². The van der Waals surface area contributed by atoms with Gasteiger partial charge in [0.2, 0.25) is 11.8 Å². The van der Waals surface area contributed by atoms with Gasteiger partial charge in [-0.05, 0) is 29.9 Å². The van der Waals surface area contributed by atoms with Crippen molar-refractivity contribution in [1.82, 2.24) is 15.5 Å². The molecule has 0 atom stereocenters. The Morgan fingerprint density at radius 2 is 2.24 bits per heavy atom. The number of nitrogens with one attached hydrogen (secondary N) is 2. The number of hydrogen-bond acceptors (Lipinski definition) is 4. The third kappa shape index (κ3) is 4.82. The van der Waals surface area contributed by atoms with Crippen LogP contribution in [0.3, 0.4) is 0 Å². The molecule has 0 spiro atoms. The quantitative estimate of drug-likeness (QED) is 0.743.